The standard InChI is InChI=1S/C17H32.CHNS/c1-14-10-8-9-13-17(14,4)16(2,3)15-11-6-5-7-12-15;2-1-3/h14-15H,5-13H2,1-4H3;2H. The van der Waals surface area contributed by atoms with Gasteiger partial charge in [0, 0.05) is 0 Å². The van der Waals surface area contributed by atoms with Crippen LogP contribution in [0, 0.1) is 28.1 Å². The van der Waals surface area contributed by atoms with E-state index in [1.807, 2.05) is 0 Å². The van der Waals surface area contributed by atoms with Gasteiger partial charge < -0.3 is 0 Å². The second kappa shape index (κ2) is 7.71. The first-order valence-electron chi connectivity index (χ1n) is 8.44. The fraction of sp³-hybridized carbons (Fsp3) is 0.944. The van der Waals surface area contributed by atoms with Crippen LogP contribution in [0.4, 0.5) is 0 Å². The van der Waals surface area contributed by atoms with Crippen LogP contribution in [0.5, 0.6) is 0 Å². The summed E-state index contributed by atoms with van der Waals surface area (Å²) in [6.07, 6.45) is 13.3. The molecule has 0 aromatic heterocycles. The quantitative estimate of drug-likeness (QED) is 0.457. The van der Waals surface area contributed by atoms with Crippen LogP contribution in [0.15, 0.2) is 0 Å². The van der Waals surface area contributed by atoms with Gasteiger partial charge in [-0.3, -0.25) is 0 Å². The summed E-state index contributed by atoms with van der Waals surface area (Å²) in [6, 6.07) is 0. The highest BCUT2D eigenvalue weighted by Crippen LogP contribution is 2.58. The molecule has 2 heteroatoms. The minimum atomic E-state index is 0.549. The zero-order valence-corrected chi connectivity index (χ0v) is 14.7. The van der Waals surface area contributed by atoms with Crippen molar-refractivity contribution in [3.63, 3.8) is 0 Å². The molecule has 0 bridgehead atoms. The topological polar surface area (TPSA) is 23.9 Å². The van der Waals surface area contributed by atoms with E-state index in [-0.39, 0.29) is 0 Å². The Morgan fingerprint density at radius 1 is 1.05 bits per heavy atom. The summed E-state index contributed by atoms with van der Waals surface area (Å²) in [6.45, 7) is 10.3. The predicted octanol–water partition coefficient (Wildman–Crippen LogP) is 6.48. The van der Waals surface area contributed by atoms with Crippen LogP contribution in [0.2, 0.25) is 0 Å². The third kappa shape index (κ3) is 3.71. The Kier molecular flexibility index (Phi) is 6.88. The predicted molar refractivity (Wildman–Crippen MR) is 91.4 cm³/mol. The summed E-state index contributed by atoms with van der Waals surface area (Å²) in [7, 11) is 0. The number of hydrogen-bond acceptors (Lipinski definition) is 2. The second-order valence-electron chi connectivity index (χ2n) is 7.72. The molecule has 0 amide bonds. The average molecular weight is 296 g/mol. The van der Waals surface area contributed by atoms with Gasteiger partial charge in [-0.2, -0.15) is 0 Å². The van der Waals surface area contributed by atoms with Crippen molar-refractivity contribution in [1.82, 2.24) is 0 Å². The summed E-state index contributed by atoms with van der Waals surface area (Å²) < 4.78 is 0. The van der Waals surface area contributed by atoms with Gasteiger partial charge in [0.25, 0.3) is 0 Å². The number of isothiocyanates is 1. The highest BCUT2D eigenvalue weighted by atomic mass is 32.1. The monoisotopic (exact) mass is 295 g/mol. The van der Waals surface area contributed by atoms with Crippen LogP contribution in [0.1, 0.15) is 85.5 Å². The highest BCUT2D eigenvalue weighted by molar-refractivity contribution is 7.78. The van der Waals surface area contributed by atoms with Crippen LogP contribution >= 0.6 is 12.2 Å². The van der Waals surface area contributed by atoms with Gasteiger partial charge in [0.2, 0.25) is 0 Å². The van der Waals surface area contributed by atoms with Gasteiger partial charge in [-0.15, -0.1) is 0 Å². The largest absolute Gasteiger partial charge is 0.248 e. The van der Waals surface area contributed by atoms with E-state index < -0.39 is 0 Å². The lowest BCUT2D eigenvalue weighted by atomic mass is 9.50. The minimum Gasteiger partial charge on any atom is -0.248 e. The van der Waals surface area contributed by atoms with Crippen molar-refractivity contribution in [2.75, 3.05) is 0 Å². The molecule has 116 valence electrons. The molecule has 2 aliphatic rings. The molecule has 0 spiro atoms. The molecule has 0 aromatic rings. The minimum absolute atomic E-state index is 0.549. The molecular weight excluding hydrogens is 262 g/mol. The average Bonchev–Trinajstić information content (AvgIpc) is 2.44. The van der Waals surface area contributed by atoms with Gasteiger partial charge in [-0.25, -0.2) is 5.41 Å². The smallest absolute Gasteiger partial charge is 0.0554 e. The molecule has 2 fully saturated rings. The van der Waals surface area contributed by atoms with Crippen molar-refractivity contribution in [3.05, 3.63) is 0 Å². The first-order valence-corrected chi connectivity index (χ1v) is 8.85. The molecule has 0 radical (unpaired) electrons. The van der Waals surface area contributed by atoms with Crippen molar-refractivity contribution in [2.24, 2.45) is 22.7 Å². The van der Waals surface area contributed by atoms with Crippen LogP contribution in [-0.2, 0) is 0 Å². The number of rotatable bonds is 2. The molecule has 2 atom stereocenters. The van der Waals surface area contributed by atoms with E-state index in [9.17, 15) is 0 Å². The maximum Gasteiger partial charge on any atom is 0.0554 e. The summed E-state index contributed by atoms with van der Waals surface area (Å²) >= 11 is 3.81. The van der Waals surface area contributed by atoms with E-state index >= 15 is 0 Å². The third-order valence-electron chi connectivity index (χ3n) is 6.77. The third-order valence-corrected chi connectivity index (χ3v) is 6.77. The maximum absolute atomic E-state index is 5.77. The fourth-order valence-electron chi connectivity index (χ4n) is 4.76. The van der Waals surface area contributed by atoms with Crippen molar-refractivity contribution >= 4 is 17.4 Å². The van der Waals surface area contributed by atoms with Gasteiger partial charge in [0.05, 0.1) is 5.16 Å². The van der Waals surface area contributed by atoms with E-state index in [1.54, 1.807) is 5.16 Å². The molecule has 2 saturated carbocycles. The Morgan fingerprint density at radius 2 is 1.55 bits per heavy atom. The zero-order chi connectivity index (χ0) is 15.2. The Morgan fingerprint density at radius 3 is 2.05 bits per heavy atom. The lowest BCUT2D eigenvalue weighted by Gasteiger charge is -2.55. The molecule has 20 heavy (non-hydrogen) atoms. The zero-order valence-electron chi connectivity index (χ0n) is 13.9. The van der Waals surface area contributed by atoms with Crippen LogP contribution in [0.3, 0.4) is 0 Å². The fourth-order valence-corrected chi connectivity index (χ4v) is 4.76. The Labute approximate surface area is 131 Å². The van der Waals surface area contributed by atoms with E-state index in [4.69, 9.17) is 5.41 Å². The molecule has 0 aliphatic heterocycles. The van der Waals surface area contributed by atoms with Crippen molar-refractivity contribution in [3.8, 4) is 0 Å². The van der Waals surface area contributed by atoms with Crippen molar-refractivity contribution < 1.29 is 0 Å². The second-order valence-corrected chi connectivity index (χ2v) is 7.93. The molecule has 0 aromatic carbocycles. The lowest BCUT2D eigenvalue weighted by Crippen LogP contribution is -2.47. The summed E-state index contributed by atoms with van der Waals surface area (Å²) in [5.41, 5.74) is 1.14. The van der Waals surface area contributed by atoms with Crippen molar-refractivity contribution in [1.29, 1.82) is 5.41 Å². The first kappa shape index (κ1) is 17.9. The molecule has 0 saturated heterocycles. The van der Waals surface area contributed by atoms with E-state index in [0.717, 1.165) is 11.8 Å². The molecular formula is C18H33NS. The maximum atomic E-state index is 5.77. The van der Waals surface area contributed by atoms with E-state index in [1.165, 1.54) is 57.8 Å². The molecule has 2 rings (SSSR count). The molecule has 2 unspecified atom stereocenters. The van der Waals surface area contributed by atoms with E-state index in [0.29, 0.717) is 10.8 Å². The lowest BCUT2D eigenvalue weighted by molar-refractivity contribution is -0.0590. The van der Waals surface area contributed by atoms with Gasteiger partial charge in [0.15, 0.2) is 0 Å². The van der Waals surface area contributed by atoms with E-state index in [2.05, 4.69) is 39.9 Å². The van der Waals surface area contributed by atoms with Gasteiger partial charge in [-0.1, -0.05) is 66.2 Å². The number of thiocarbonyl (C=S) groups is 1. The first-order chi connectivity index (χ1) is 9.40. The number of nitrogens with one attached hydrogen (secondary N) is 1. The Balaban J connectivity index is 0.000000612. The SMILES string of the molecule is CC1CCCCC1(C)C(C)(C)C1CCCCC1.N=C=S. The highest BCUT2D eigenvalue weighted by Gasteiger charge is 2.49. The summed E-state index contributed by atoms with van der Waals surface area (Å²) in [5, 5.41) is 7.36. The van der Waals surface area contributed by atoms with Crippen LogP contribution in [0.25, 0.3) is 0 Å². The summed E-state index contributed by atoms with van der Waals surface area (Å²) in [5.74, 6) is 1.91. The Bertz CT molecular complexity index is 324. The molecule has 0 heterocycles. The Hall–Kier alpha value is -0.200. The van der Waals surface area contributed by atoms with Crippen LogP contribution < -0.4 is 0 Å². The normalized spacial score (nSPS) is 31.9. The number of hydrogen-bond donors (Lipinski definition) is 1. The van der Waals surface area contributed by atoms with Gasteiger partial charge in [0.1, 0.15) is 0 Å². The molecule has 1 N–H and O–H groups in total. The molecule has 2 aliphatic carbocycles. The van der Waals surface area contributed by atoms with Crippen LogP contribution in [-0.4, -0.2) is 5.16 Å². The molecule has 1 nitrogen and oxygen atoms in total. The van der Waals surface area contributed by atoms with Gasteiger partial charge in [-0.05, 0) is 54.1 Å². The van der Waals surface area contributed by atoms with Crippen molar-refractivity contribution in [2.45, 2.75) is 85.5 Å². The van der Waals surface area contributed by atoms with Gasteiger partial charge >= 0.3 is 0 Å². The summed E-state index contributed by atoms with van der Waals surface area (Å²) in [4.78, 5) is 0.